The molecule has 0 fully saturated rings. The topological polar surface area (TPSA) is 117 Å². The molecule has 0 bridgehead atoms. The van der Waals surface area contributed by atoms with Gasteiger partial charge < -0.3 is 14.6 Å². The number of hydrogen-bond acceptors (Lipinski definition) is 7. The van der Waals surface area contributed by atoms with Crippen molar-refractivity contribution in [2.45, 2.75) is 13.5 Å². The Morgan fingerprint density at radius 2 is 2.07 bits per heavy atom. The number of benzene rings is 1. The molecule has 8 nitrogen and oxygen atoms in total. The Morgan fingerprint density at radius 1 is 1.39 bits per heavy atom. The summed E-state index contributed by atoms with van der Waals surface area (Å²) in [7, 11) is 1.52. The second-order valence-electron chi connectivity index (χ2n) is 5.56. The average Bonchev–Trinajstić information content (AvgIpc) is 2.64. The van der Waals surface area contributed by atoms with Crippen molar-refractivity contribution in [3.63, 3.8) is 0 Å². The molecule has 0 saturated heterocycles. The smallest absolute Gasteiger partial charge is 0.278 e. The molecule has 2 N–H and O–H groups in total. The van der Waals surface area contributed by atoms with E-state index >= 15 is 0 Å². The first-order valence-electron chi connectivity index (χ1n) is 7.88. The quantitative estimate of drug-likeness (QED) is 0.435. The molecular weight excluding hydrogens is 496 g/mol. The van der Waals surface area contributed by atoms with Crippen LogP contribution in [0.5, 0.6) is 11.6 Å². The van der Waals surface area contributed by atoms with Gasteiger partial charge in [0, 0.05) is 18.4 Å². The predicted octanol–water partition coefficient (Wildman–Crippen LogP) is 3.17. The van der Waals surface area contributed by atoms with Gasteiger partial charge in [0.25, 0.3) is 5.91 Å². The first-order chi connectivity index (χ1) is 13.3. The largest absolute Gasteiger partial charge is 0.506 e. The maximum absolute atomic E-state index is 11.9. The second-order valence-corrected chi connectivity index (χ2v) is 7.27. The lowest BCUT2D eigenvalue weighted by Crippen LogP contribution is -2.25. The van der Waals surface area contributed by atoms with Crippen molar-refractivity contribution >= 4 is 44.0 Å². The fourth-order valence-corrected chi connectivity index (χ4v) is 3.43. The Morgan fingerprint density at radius 3 is 2.68 bits per heavy atom. The first kappa shape index (κ1) is 21.8. The maximum atomic E-state index is 11.9. The molecule has 1 aromatic heterocycles. The van der Waals surface area contributed by atoms with Crippen LogP contribution in [0.4, 0.5) is 0 Å². The Hall–Kier alpha value is -2.48. The minimum absolute atomic E-state index is 0.0695. The van der Waals surface area contributed by atoms with Gasteiger partial charge in [-0.25, -0.2) is 10.4 Å². The summed E-state index contributed by atoms with van der Waals surface area (Å²) in [5, 5.41) is 22.9. The van der Waals surface area contributed by atoms with Gasteiger partial charge in [-0.2, -0.15) is 10.4 Å². The van der Waals surface area contributed by atoms with Crippen LogP contribution in [0.1, 0.15) is 22.4 Å². The highest BCUT2D eigenvalue weighted by Gasteiger charge is 2.14. The van der Waals surface area contributed by atoms with Crippen LogP contribution in [0.2, 0.25) is 0 Å². The number of aryl methyl sites for hydroxylation is 1. The predicted molar refractivity (Wildman–Crippen MR) is 109 cm³/mol. The summed E-state index contributed by atoms with van der Waals surface area (Å²) in [5.41, 5.74) is 4.47. The van der Waals surface area contributed by atoms with E-state index in [4.69, 9.17) is 9.47 Å². The highest BCUT2D eigenvalue weighted by molar-refractivity contribution is 9.11. The van der Waals surface area contributed by atoms with Crippen LogP contribution < -0.4 is 10.2 Å². The van der Waals surface area contributed by atoms with Crippen molar-refractivity contribution in [2.24, 2.45) is 5.10 Å². The summed E-state index contributed by atoms with van der Waals surface area (Å²) < 4.78 is 11.4. The number of aromatic hydroxyl groups is 1. The lowest BCUT2D eigenvalue weighted by Gasteiger charge is -2.10. The number of halogens is 2. The molecule has 0 spiro atoms. The molecule has 2 rings (SSSR count). The summed E-state index contributed by atoms with van der Waals surface area (Å²) in [6.45, 7) is 1.63. The van der Waals surface area contributed by atoms with E-state index in [9.17, 15) is 15.2 Å². The normalized spacial score (nSPS) is 10.7. The number of hydrazone groups is 1. The molecule has 1 aromatic carbocycles. The molecule has 0 aliphatic rings. The zero-order valence-electron chi connectivity index (χ0n) is 15.0. The number of amides is 1. The van der Waals surface area contributed by atoms with E-state index in [0.29, 0.717) is 25.8 Å². The number of ether oxygens (including phenoxy) is 2. The van der Waals surface area contributed by atoms with Crippen LogP contribution in [-0.4, -0.2) is 35.9 Å². The van der Waals surface area contributed by atoms with Gasteiger partial charge in [-0.1, -0.05) is 0 Å². The highest BCUT2D eigenvalue weighted by atomic mass is 79.9. The van der Waals surface area contributed by atoms with Crippen LogP contribution >= 0.6 is 31.9 Å². The number of carbonyl (C=O) groups excluding carboxylic acids is 1. The lowest BCUT2D eigenvalue weighted by atomic mass is 10.1. The third kappa shape index (κ3) is 5.76. The van der Waals surface area contributed by atoms with Crippen LogP contribution in [0.25, 0.3) is 0 Å². The molecule has 0 atom stereocenters. The molecule has 28 heavy (non-hydrogen) atoms. The van der Waals surface area contributed by atoms with Crippen molar-refractivity contribution in [3.8, 4) is 17.7 Å². The summed E-state index contributed by atoms with van der Waals surface area (Å²) in [6, 6.07) is 7.03. The molecule has 10 heteroatoms. The van der Waals surface area contributed by atoms with Crippen molar-refractivity contribution in [3.05, 3.63) is 49.5 Å². The average molecular weight is 512 g/mol. The summed E-state index contributed by atoms with van der Waals surface area (Å²) in [6.07, 6.45) is 1.41. The van der Waals surface area contributed by atoms with E-state index in [1.165, 1.54) is 13.3 Å². The number of pyridine rings is 1. The number of aromatic nitrogens is 1. The standard InChI is InChI=1S/C18H16Br2N4O4/c1-10-3-12(8-27-2)13(6-21)18(23-10)28-9-16(25)24-22-7-11-4-14(19)17(26)15(20)5-11/h3-5,7,26H,8-9H2,1-2H3,(H,24,25)/b22-7+. The van der Waals surface area contributed by atoms with Crippen LogP contribution in [-0.2, 0) is 16.1 Å². The van der Waals surface area contributed by atoms with Crippen molar-refractivity contribution in [2.75, 3.05) is 13.7 Å². The minimum atomic E-state index is -0.520. The molecule has 0 aliphatic carbocycles. The molecule has 2 aromatic rings. The van der Waals surface area contributed by atoms with Crippen LogP contribution in [0.3, 0.4) is 0 Å². The number of methoxy groups -OCH3 is 1. The number of hydrogen-bond donors (Lipinski definition) is 2. The number of nitrogens with one attached hydrogen (secondary N) is 1. The minimum Gasteiger partial charge on any atom is -0.506 e. The third-order valence-corrected chi connectivity index (χ3v) is 4.60. The number of rotatable bonds is 7. The molecule has 0 unspecified atom stereocenters. The van der Waals surface area contributed by atoms with Crippen molar-refractivity contribution in [1.29, 1.82) is 5.26 Å². The Kier molecular flexibility index (Phi) is 7.92. The van der Waals surface area contributed by atoms with Crippen molar-refractivity contribution in [1.82, 2.24) is 10.4 Å². The highest BCUT2D eigenvalue weighted by Crippen LogP contribution is 2.32. The second kappa shape index (κ2) is 10.2. The van der Waals surface area contributed by atoms with Gasteiger partial charge in [0.05, 0.1) is 21.8 Å². The number of nitrogens with zero attached hydrogens (tertiary/aromatic N) is 3. The number of phenolic OH excluding ortho intramolecular Hbond substituents is 1. The summed E-state index contributed by atoms with van der Waals surface area (Å²) in [4.78, 5) is 16.1. The Bertz CT molecular complexity index is 934. The zero-order valence-corrected chi connectivity index (χ0v) is 18.2. The van der Waals surface area contributed by atoms with E-state index < -0.39 is 5.91 Å². The van der Waals surface area contributed by atoms with E-state index in [1.807, 2.05) is 6.07 Å². The Balaban J connectivity index is 2.00. The van der Waals surface area contributed by atoms with E-state index in [2.05, 4.69) is 47.4 Å². The molecule has 1 heterocycles. The summed E-state index contributed by atoms with van der Waals surface area (Å²) in [5.74, 6) is -0.380. The number of phenols is 1. The molecule has 146 valence electrons. The zero-order chi connectivity index (χ0) is 20.7. The van der Waals surface area contributed by atoms with E-state index in [1.54, 1.807) is 25.1 Å². The van der Waals surface area contributed by atoms with E-state index in [-0.39, 0.29) is 30.4 Å². The van der Waals surface area contributed by atoms with Gasteiger partial charge in [-0.3, -0.25) is 4.79 Å². The first-order valence-corrected chi connectivity index (χ1v) is 9.46. The molecule has 0 radical (unpaired) electrons. The maximum Gasteiger partial charge on any atom is 0.278 e. The van der Waals surface area contributed by atoms with Gasteiger partial charge in [-0.05, 0) is 62.5 Å². The van der Waals surface area contributed by atoms with E-state index in [0.717, 1.165) is 0 Å². The number of carbonyl (C=O) groups is 1. The fraction of sp³-hybridized carbons (Fsp3) is 0.222. The van der Waals surface area contributed by atoms with Gasteiger partial charge in [0.1, 0.15) is 17.4 Å². The van der Waals surface area contributed by atoms with Gasteiger partial charge in [-0.15, -0.1) is 0 Å². The van der Waals surface area contributed by atoms with Crippen LogP contribution in [0, 0.1) is 18.3 Å². The third-order valence-electron chi connectivity index (χ3n) is 3.39. The number of nitriles is 1. The fourth-order valence-electron chi connectivity index (χ4n) is 2.21. The molecule has 0 aliphatic heterocycles. The van der Waals surface area contributed by atoms with Crippen molar-refractivity contribution < 1.29 is 19.4 Å². The van der Waals surface area contributed by atoms with Gasteiger partial charge >= 0.3 is 0 Å². The van der Waals surface area contributed by atoms with Gasteiger partial charge in [0.2, 0.25) is 5.88 Å². The SMILES string of the molecule is COCc1cc(C)nc(OCC(=O)N/N=C/c2cc(Br)c(O)c(Br)c2)c1C#N. The van der Waals surface area contributed by atoms with Crippen LogP contribution in [0.15, 0.2) is 32.2 Å². The van der Waals surface area contributed by atoms with Gasteiger partial charge in [0.15, 0.2) is 6.61 Å². The molecule has 1 amide bonds. The Labute approximate surface area is 178 Å². The molecule has 0 saturated carbocycles. The lowest BCUT2D eigenvalue weighted by molar-refractivity contribution is -0.123. The summed E-state index contributed by atoms with van der Waals surface area (Å²) >= 11 is 6.43. The monoisotopic (exact) mass is 510 g/mol. The molecular formula is C18H16Br2N4O4.